The Labute approximate surface area is 102 Å². The van der Waals surface area contributed by atoms with Crippen LogP contribution in [0.25, 0.3) is 0 Å². The van der Waals surface area contributed by atoms with Crippen LogP contribution in [0.15, 0.2) is 29.3 Å². The Hall–Kier alpha value is -1.35. The quantitative estimate of drug-likeness (QED) is 0.842. The third kappa shape index (κ3) is 2.34. The largest absolute Gasteiger partial charge is 0.476 e. The van der Waals surface area contributed by atoms with Crippen LogP contribution in [0.5, 0.6) is 0 Å². The SMILES string of the molecule is c1cc(C2=NCCO2)cc(C2CCCNC2)c1. The molecule has 1 saturated heterocycles. The minimum atomic E-state index is 0.644. The average Bonchev–Trinajstić information content (AvgIpc) is 2.94. The van der Waals surface area contributed by atoms with E-state index in [-0.39, 0.29) is 0 Å². The smallest absolute Gasteiger partial charge is 0.216 e. The number of benzene rings is 1. The average molecular weight is 230 g/mol. The van der Waals surface area contributed by atoms with E-state index in [9.17, 15) is 0 Å². The molecule has 0 aliphatic carbocycles. The minimum Gasteiger partial charge on any atom is -0.476 e. The van der Waals surface area contributed by atoms with Gasteiger partial charge >= 0.3 is 0 Å². The monoisotopic (exact) mass is 230 g/mol. The molecule has 2 heterocycles. The first-order valence-electron chi connectivity index (χ1n) is 6.42. The number of ether oxygens (including phenoxy) is 1. The molecule has 0 amide bonds. The Bertz CT molecular complexity index is 422. The molecule has 0 radical (unpaired) electrons. The van der Waals surface area contributed by atoms with Gasteiger partial charge in [0.2, 0.25) is 5.90 Å². The van der Waals surface area contributed by atoms with Crippen LogP contribution in [-0.4, -0.2) is 32.1 Å². The Morgan fingerprint density at radius 3 is 3.12 bits per heavy atom. The Kier molecular flexibility index (Phi) is 3.10. The van der Waals surface area contributed by atoms with Crippen molar-refractivity contribution in [3.8, 4) is 0 Å². The van der Waals surface area contributed by atoms with E-state index in [2.05, 4.69) is 34.6 Å². The number of piperidine rings is 1. The summed E-state index contributed by atoms with van der Waals surface area (Å²) < 4.78 is 5.52. The van der Waals surface area contributed by atoms with E-state index >= 15 is 0 Å². The lowest BCUT2D eigenvalue weighted by molar-refractivity contribution is 0.348. The zero-order chi connectivity index (χ0) is 11.5. The number of nitrogens with one attached hydrogen (secondary N) is 1. The highest BCUT2D eigenvalue weighted by molar-refractivity contribution is 5.95. The molecule has 2 aliphatic heterocycles. The second-order valence-corrected chi connectivity index (χ2v) is 4.70. The van der Waals surface area contributed by atoms with Gasteiger partial charge in [-0.1, -0.05) is 12.1 Å². The molecule has 1 aromatic carbocycles. The fraction of sp³-hybridized carbons (Fsp3) is 0.500. The van der Waals surface area contributed by atoms with Crippen LogP contribution in [0, 0.1) is 0 Å². The number of rotatable bonds is 2. The van der Waals surface area contributed by atoms with Gasteiger partial charge in [-0.05, 0) is 43.0 Å². The van der Waals surface area contributed by atoms with Gasteiger partial charge in [0.15, 0.2) is 0 Å². The van der Waals surface area contributed by atoms with Crippen LogP contribution in [0.4, 0.5) is 0 Å². The maximum absolute atomic E-state index is 5.52. The predicted molar refractivity (Wildman–Crippen MR) is 68.6 cm³/mol. The summed E-state index contributed by atoms with van der Waals surface area (Å²) in [6, 6.07) is 8.66. The zero-order valence-electron chi connectivity index (χ0n) is 9.98. The Morgan fingerprint density at radius 1 is 1.35 bits per heavy atom. The van der Waals surface area contributed by atoms with Crippen LogP contribution in [0.1, 0.15) is 29.9 Å². The summed E-state index contributed by atoms with van der Waals surface area (Å²) in [6.45, 7) is 3.78. The number of nitrogens with zero attached hydrogens (tertiary/aromatic N) is 1. The summed E-state index contributed by atoms with van der Waals surface area (Å²) >= 11 is 0. The second kappa shape index (κ2) is 4.88. The first kappa shape index (κ1) is 10.8. The third-order valence-electron chi connectivity index (χ3n) is 3.49. The highest BCUT2D eigenvalue weighted by Crippen LogP contribution is 2.24. The summed E-state index contributed by atoms with van der Waals surface area (Å²) in [5.41, 5.74) is 2.54. The number of hydrogen-bond donors (Lipinski definition) is 1. The second-order valence-electron chi connectivity index (χ2n) is 4.70. The van der Waals surface area contributed by atoms with Gasteiger partial charge in [0, 0.05) is 12.1 Å². The molecule has 90 valence electrons. The van der Waals surface area contributed by atoms with Crippen molar-refractivity contribution in [3.05, 3.63) is 35.4 Å². The molecule has 1 fully saturated rings. The summed E-state index contributed by atoms with van der Waals surface area (Å²) in [4.78, 5) is 4.37. The minimum absolute atomic E-state index is 0.644. The molecule has 2 aliphatic rings. The molecule has 0 aromatic heterocycles. The van der Waals surface area contributed by atoms with Gasteiger partial charge < -0.3 is 10.1 Å². The fourth-order valence-electron chi connectivity index (χ4n) is 2.57. The van der Waals surface area contributed by atoms with Crippen molar-refractivity contribution in [3.63, 3.8) is 0 Å². The molecule has 0 bridgehead atoms. The van der Waals surface area contributed by atoms with E-state index in [1.165, 1.54) is 18.4 Å². The lowest BCUT2D eigenvalue weighted by Gasteiger charge is -2.23. The van der Waals surface area contributed by atoms with Crippen LogP contribution in [0.2, 0.25) is 0 Å². The van der Waals surface area contributed by atoms with Gasteiger partial charge in [-0.15, -0.1) is 0 Å². The molecule has 3 heteroatoms. The summed E-state index contributed by atoms with van der Waals surface area (Å²) in [5, 5.41) is 3.46. The molecule has 1 N–H and O–H groups in total. The van der Waals surface area contributed by atoms with Crippen molar-refractivity contribution in [2.45, 2.75) is 18.8 Å². The van der Waals surface area contributed by atoms with Crippen molar-refractivity contribution < 1.29 is 4.74 Å². The van der Waals surface area contributed by atoms with Crippen LogP contribution >= 0.6 is 0 Å². The van der Waals surface area contributed by atoms with E-state index in [1.54, 1.807) is 0 Å². The van der Waals surface area contributed by atoms with Crippen LogP contribution in [-0.2, 0) is 4.74 Å². The first-order chi connectivity index (χ1) is 8.43. The van der Waals surface area contributed by atoms with Crippen molar-refractivity contribution in [1.29, 1.82) is 0 Å². The molecule has 3 rings (SSSR count). The number of aliphatic imine (C=N–C) groups is 1. The predicted octanol–water partition coefficient (Wildman–Crippen LogP) is 1.93. The van der Waals surface area contributed by atoms with Gasteiger partial charge in [-0.3, -0.25) is 0 Å². The normalized spacial score (nSPS) is 24.2. The van der Waals surface area contributed by atoms with Crippen molar-refractivity contribution in [1.82, 2.24) is 5.32 Å². The standard InChI is InChI=1S/C14H18N2O/c1-3-11(13-5-2-6-15-10-13)9-12(4-1)14-16-7-8-17-14/h1,3-4,9,13,15H,2,5-8,10H2. The zero-order valence-corrected chi connectivity index (χ0v) is 9.98. The van der Waals surface area contributed by atoms with Crippen LogP contribution in [0.3, 0.4) is 0 Å². The molecule has 3 nitrogen and oxygen atoms in total. The van der Waals surface area contributed by atoms with Crippen LogP contribution < -0.4 is 5.32 Å². The lowest BCUT2D eigenvalue weighted by Crippen LogP contribution is -2.28. The molecular formula is C14H18N2O. The van der Waals surface area contributed by atoms with Crippen molar-refractivity contribution in [2.75, 3.05) is 26.2 Å². The molecule has 1 aromatic rings. The van der Waals surface area contributed by atoms with E-state index in [1.807, 2.05) is 0 Å². The van der Waals surface area contributed by atoms with Gasteiger partial charge in [-0.25, -0.2) is 4.99 Å². The summed E-state index contributed by atoms with van der Waals surface area (Å²) in [6.07, 6.45) is 2.55. The van der Waals surface area contributed by atoms with E-state index < -0.39 is 0 Å². The van der Waals surface area contributed by atoms with Crippen molar-refractivity contribution in [2.24, 2.45) is 4.99 Å². The fourth-order valence-corrected chi connectivity index (χ4v) is 2.57. The van der Waals surface area contributed by atoms with E-state index in [4.69, 9.17) is 4.74 Å². The topological polar surface area (TPSA) is 33.6 Å². The van der Waals surface area contributed by atoms with Gasteiger partial charge in [0.25, 0.3) is 0 Å². The molecule has 1 atom stereocenters. The summed E-state index contributed by atoms with van der Waals surface area (Å²) in [7, 11) is 0. The molecule has 17 heavy (non-hydrogen) atoms. The maximum atomic E-state index is 5.52. The molecule has 0 spiro atoms. The molecule has 0 saturated carbocycles. The number of hydrogen-bond acceptors (Lipinski definition) is 3. The van der Waals surface area contributed by atoms with Gasteiger partial charge in [0.1, 0.15) is 6.61 Å². The Morgan fingerprint density at radius 2 is 2.35 bits per heavy atom. The van der Waals surface area contributed by atoms with Crippen molar-refractivity contribution >= 4 is 5.90 Å². The Balaban J connectivity index is 1.82. The maximum Gasteiger partial charge on any atom is 0.216 e. The lowest BCUT2D eigenvalue weighted by atomic mass is 9.91. The van der Waals surface area contributed by atoms with E-state index in [0.717, 1.165) is 37.7 Å². The highest BCUT2D eigenvalue weighted by atomic mass is 16.5. The summed E-state index contributed by atoms with van der Waals surface area (Å²) in [5.74, 6) is 1.46. The third-order valence-corrected chi connectivity index (χ3v) is 3.49. The molecule has 1 unspecified atom stereocenters. The van der Waals surface area contributed by atoms with E-state index in [0.29, 0.717) is 5.92 Å². The first-order valence-corrected chi connectivity index (χ1v) is 6.42. The van der Waals surface area contributed by atoms with Gasteiger partial charge in [0.05, 0.1) is 6.54 Å². The van der Waals surface area contributed by atoms with Gasteiger partial charge in [-0.2, -0.15) is 0 Å². The highest BCUT2D eigenvalue weighted by Gasteiger charge is 2.17. The molecular weight excluding hydrogens is 212 g/mol.